The number of hydrogen-bond acceptors (Lipinski definition) is 2. The number of nitrogens with zero attached hydrogens (tertiary/aromatic N) is 1. The topological polar surface area (TPSA) is 15.3 Å². The molecule has 2 nitrogen and oxygen atoms in total. The van der Waals surface area contributed by atoms with Gasteiger partial charge in [0.1, 0.15) is 0 Å². The largest absolute Gasteiger partial charge is 0.316 e. The highest BCUT2D eigenvalue weighted by atomic mass is 15.2. The van der Waals surface area contributed by atoms with Crippen molar-refractivity contribution in [1.29, 1.82) is 0 Å². The Labute approximate surface area is 117 Å². The number of rotatable bonds is 3. The molecule has 2 aliphatic rings. The number of aryl methyl sites for hydroxylation is 1. The van der Waals surface area contributed by atoms with Gasteiger partial charge in [-0.1, -0.05) is 31.2 Å². The first-order chi connectivity index (χ1) is 9.16. The third-order valence-corrected chi connectivity index (χ3v) is 4.96. The first-order valence-electron chi connectivity index (χ1n) is 7.65. The van der Waals surface area contributed by atoms with E-state index in [1.807, 2.05) is 0 Å². The van der Waals surface area contributed by atoms with Crippen LogP contribution in [0.1, 0.15) is 36.8 Å². The fraction of sp³-hybridized carbons (Fsp3) is 0.647. The zero-order valence-corrected chi connectivity index (χ0v) is 12.3. The Hall–Kier alpha value is -0.860. The number of benzene rings is 1. The molecule has 2 saturated heterocycles. The van der Waals surface area contributed by atoms with Crippen LogP contribution in [0.15, 0.2) is 24.3 Å². The van der Waals surface area contributed by atoms with Crippen LogP contribution in [0.2, 0.25) is 0 Å². The second kappa shape index (κ2) is 5.26. The maximum Gasteiger partial charge on any atom is 0.00511 e. The van der Waals surface area contributed by atoms with Gasteiger partial charge in [-0.15, -0.1) is 0 Å². The van der Waals surface area contributed by atoms with E-state index < -0.39 is 0 Å². The van der Waals surface area contributed by atoms with Crippen molar-refractivity contribution >= 4 is 0 Å². The maximum absolute atomic E-state index is 3.51. The standard InChI is InChI=1S/C17H26N2/c1-14-5-3-4-6-16(14)15-7-10-19(11-15)13-17(2)8-9-18-12-17/h3-6,15,18H,7-13H2,1-2H3. The van der Waals surface area contributed by atoms with Crippen molar-refractivity contribution in [2.75, 3.05) is 32.7 Å². The summed E-state index contributed by atoms with van der Waals surface area (Å²) in [6, 6.07) is 8.91. The smallest absolute Gasteiger partial charge is 0.00511 e. The van der Waals surface area contributed by atoms with Gasteiger partial charge in [-0.3, -0.25) is 0 Å². The summed E-state index contributed by atoms with van der Waals surface area (Å²) in [6.07, 6.45) is 2.66. The normalized spacial score (nSPS) is 32.0. The highest BCUT2D eigenvalue weighted by Crippen LogP contribution is 2.33. The molecule has 0 saturated carbocycles. The Bertz CT molecular complexity index is 435. The second-order valence-corrected chi connectivity index (χ2v) is 6.81. The summed E-state index contributed by atoms with van der Waals surface area (Å²) < 4.78 is 0. The van der Waals surface area contributed by atoms with Crippen LogP contribution in [0.25, 0.3) is 0 Å². The Morgan fingerprint density at radius 2 is 2.21 bits per heavy atom. The molecule has 0 radical (unpaired) electrons. The summed E-state index contributed by atoms with van der Waals surface area (Å²) >= 11 is 0. The molecule has 2 atom stereocenters. The van der Waals surface area contributed by atoms with E-state index in [0.717, 1.165) is 5.92 Å². The lowest BCUT2D eigenvalue weighted by Crippen LogP contribution is -2.36. The Kier molecular flexibility index (Phi) is 3.64. The molecule has 2 heterocycles. The van der Waals surface area contributed by atoms with E-state index in [1.54, 1.807) is 5.56 Å². The van der Waals surface area contributed by atoms with Gasteiger partial charge < -0.3 is 10.2 Å². The van der Waals surface area contributed by atoms with Gasteiger partial charge in [0.15, 0.2) is 0 Å². The van der Waals surface area contributed by atoms with Crippen LogP contribution in [0, 0.1) is 12.3 Å². The maximum atomic E-state index is 3.51. The SMILES string of the molecule is Cc1ccccc1C1CCN(CC2(C)CCNC2)C1. The molecule has 2 heteroatoms. The van der Waals surface area contributed by atoms with Gasteiger partial charge >= 0.3 is 0 Å². The lowest BCUT2D eigenvalue weighted by atomic mass is 9.89. The predicted molar refractivity (Wildman–Crippen MR) is 80.6 cm³/mol. The summed E-state index contributed by atoms with van der Waals surface area (Å²) in [7, 11) is 0. The highest BCUT2D eigenvalue weighted by Gasteiger charge is 2.33. The molecule has 1 aromatic rings. The van der Waals surface area contributed by atoms with Crippen LogP contribution in [-0.4, -0.2) is 37.6 Å². The van der Waals surface area contributed by atoms with Crippen molar-refractivity contribution in [1.82, 2.24) is 10.2 Å². The van der Waals surface area contributed by atoms with Crippen molar-refractivity contribution in [2.45, 2.75) is 32.6 Å². The Morgan fingerprint density at radius 3 is 2.95 bits per heavy atom. The molecule has 2 unspecified atom stereocenters. The van der Waals surface area contributed by atoms with Crippen molar-refractivity contribution in [3.63, 3.8) is 0 Å². The molecule has 19 heavy (non-hydrogen) atoms. The van der Waals surface area contributed by atoms with Crippen molar-refractivity contribution in [2.24, 2.45) is 5.41 Å². The van der Waals surface area contributed by atoms with E-state index in [-0.39, 0.29) is 0 Å². The quantitative estimate of drug-likeness (QED) is 0.897. The first kappa shape index (κ1) is 13.1. The molecule has 0 aromatic heterocycles. The van der Waals surface area contributed by atoms with Gasteiger partial charge in [0.2, 0.25) is 0 Å². The molecule has 104 valence electrons. The average molecular weight is 258 g/mol. The number of nitrogens with one attached hydrogen (secondary N) is 1. The van der Waals surface area contributed by atoms with E-state index >= 15 is 0 Å². The molecule has 0 aliphatic carbocycles. The minimum absolute atomic E-state index is 0.501. The van der Waals surface area contributed by atoms with Gasteiger partial charge in [0.25, 0.3) is 0 Å². The van der Waals surface area contributed by atoms with Gasteiger partial charge in [-0.05, 0) is 55.3 Å². The highest BCUT2D eigenvalue weighted by molar-refractivity contribution is 5.30. The molecule has 3 rings (SSSR count). The predicted octanol–water partition coefficient (Wildman–Crippen LogP) is 2.78. The minimum atomic E-state index is 0.501. The van der Waals surface area contributed by atoms with Crippen molar-refractivity contribution in [3.05, 3.63) is 35.4 Å². The van der Waals surface area contributed by atoms with Crippen LogP contribution in [0.3, 0.4) is 0 Å². The monoisotopic (exact) mass is 258 g/mol. The number of hydrogen-bond donors (Lipinski definition) is 1. The zero-order chi connectivity index (χ0) is 13.3. The summed E-state index contributed by atoms with van der Waals surface area (Å²) in [6.45, 7) is 10.9. The fourth-order valence-electron chi connectivity index (χ4n) is 3.82. The van der Waals surface area contributed by atoms with Gasteiger partial charge in [0.05, 0.1) is 0 Å². The third kappa shape index (κ3) is 2.85. The van der Waals surface area contributed by atoms with E-state index in [9.17, 15) is 0 Å². The fourth-order valence-corrected chi connectivity index (χ4v) is 3.82. The lowest BCUT2D eigenvalue weighted by Gasteiger charge is -2.29. The first-order valence-corrected chi connectivity index (χ1v) is 7.65. The molecule has 2 fully saturated rings. The molecular formula is C17H26N2. The molecule has 2 aliphatic heterocycles. The summed E-state index contributed by atoms with van der Waals surface area (Å²) in [4.78, 5) is 2.68. The van der Waals surface area contributed by atoms with Crippen LogP contribution >= 0.6 is 0 Å². The molecule has 0 spiro atoms. The van der Waals surface area contributed by atoms with Crippen LogP contribution in [0.4, 0.5) is 0 Å². The van der Waals surface area contributed by atoms with E-state index in [1.165, 1.54) is 51.1 Å². The molecular weight excluding hydrogens is 232 g/mol. The number of likely N-dealkylation sites (tertiary alicyclic amines) is 1. The Morgan fingerprint density at radius 1 is 1.37 bits per heavy atom. The second-order valence-electron chi connectivity index (χ2n) is 6.81. The minimum Gasteiger partial charge on any atom is -0.316 e. The Balaban J connectivity index is 1.63. The van der Waals surface area contributed by atoms with Crippen LogP contribution < -0.4 is 5.32 Å². The molecule has 0 amide bonds. The van der Waals surface area contributed by atoms with Gasteiger partial charge in [-0.2, -0.15) is 0 Å². The van der Waals surface area contributed by atoms with E-state index in [2.05, 4.69) is 48.3 Å². The lowest BCUT2D eigenvalue weighted by molar-refractivity contribution is 0.207. The van der Waals surface area contributed by atoms with E-state index in [0.29, 0.717) is 5.41 Å². The summed E-state index contributed by atoms with van der Waals surface area (Å²) in [5, 5.41) is 3.51. The zero-order valence-electron chi connectivity index (χ0n) is 12.3. The summed E-state index contributed by atoms with van der Waals surface area (Å²) in [5.41, 5.74) is 3.53. The molecule has 1 N–H and O–H groups in total. The van der Waals surface area contributed by atoms with Crippen molar-refractivity contribution < 1.29 is 0 Å². The summed E-state index contributed by atoms with van der Waals surface area (Å²) in [5.74, 6) is 0.749. The van der Waals surface area contributed by atoms with Gasteiger partial charge in [-0.25, -0.2) is 0 Å². The van der Waals surface area contributed by atoms with Crippen LogP contribution in [-0.2, 0) is 0 Å². The van der Waals surface area contributed by atoms with Crippen LogP contribution in [0.5, 0.6) is 0 Å². The molecule has 1 aromatic carbocycles. The third-order valence-electron chi connectivity index (χ3n) is 4.96. The van der Waals surface area contributed by atoms with Gasteiger partial charge in [0, 0.05) is 19.6 Å². The van der Waals surface area contributed by atoms with Crippen molar-refractivity contribution in [3.8, 4) is 0 Å². The average Bonchev–Trinajstić information content (AvgIpc) is 3.00. The van der Waals surface area contributed by atoms with E-state index in [4.69, 9.17) is 0 Å². The molecule has 0 bridgehead atoms.